The fourth-order valence-electron chi connectivity index (χ4n) is 1.88. The van der Waals surface area contributed by atoms with Gasteiger partial charge in [0.1, 0.15) is 18.7 Å². The summed E-state index contributed by atoms with van der Waals surface area (Å²) in [7, 11) is 1.85. The normalized spacial score (nSPS) is 12.4. The van der Waals surface area contributed by atoms with E-state index in [1.165, 1.54) is 11.9 Å². The third kappa shape index (κ3) is 3.54. The molecule has 0 bridgehead atoms. The van der Waals surface area contributed by atoms with Crippen LogP contribution in [0.5, 0.6) is 5.75 Å². The summed E-state index contributed by atoms with van der Waals surface area (Å²) in [5.41, 5.74) is 1.26. The highest BCUT2D eigenvalue weighted by Crippen LogP contribution is 2.18. The highest BCUT2D eigenvalue weighted by Gasteiger charge is 2.05. The summed E-state index contributed by atoms with van der Waals surface area (Å²) in [4.78, 5) is 4.12. The molecular formula is C14H20N4O. The van der Waals surface area contributed by atoms with E-state index in [0.717, 1.165) is 18.1 Å². The fourth-order valence-corrected chi connectivity index (χ4v) is 1.88. The molecule has 1 unspecified atom stereocenters. The highest BCUT2D eigenvalue weighted by molar-refractivity contribution is 5.29. The average molecular weight is 260 g/mol. The van der Waals surface area contributed by atoms with Gasteiger partial charge >= 0.3 is 0 Å². The Morgan fingerprint density at radius 2 is 2.05 bits per heavy atom. The van der Waals surface area contributed by atoms with Crippen molar-refractivity contribution in [2.75, 3.05) is 6.54 Å². The van der Waals surface area contributed by atoms with E-state index in [4.69, 9.17) is 4.74 Å². The molecule has 0 aliphatic carbocycles. The number of rotatable bonds is 6. The lowest BCUT2D eigenvalue weighted by atomic mass is 10.1. The van der Waals surface area contributed by atoms with Crippen molar-refractivity contribution in [1.29, 1.82) is 0 Å². The molecule has 0 amide bonds. The Kier molecular flexibility index (Phi) is 4.52. The van der Waals surface area contributed by atoms with E-state index in [2.05, 4.69) is 41.4 Å². The Labute approximate surface area is 113 Å². The van der Waals surface area contributed by atoms with Gasteiger partial charge in [0.15, 0.2) is 5.82 Å². The molecule has 1 aromatic carbocycles. The number of ether oxygens (including phenoxy) is 1. The number of aromatic nitrogens is 3. The molecule has 0 aliphatic heterocycles. The smallest absolute Gasteiger partial charge is 0.164 e. The Bertz CT molecular complexity index is 506. The lowest BCUT2D eigenvalue weighted by Crippen LogP contribution is -2.17. The van der Waals surface area contributed by atoms with Crippen molar-refractivity contribution in [3.8, 4) is 5.75 Å². The zero-order chi connectivity index (χ0) is 13.7. The van der Waals surface area contributed by atoms with E-state index >= 15 is 0 Å². The van der Waals surface area contributed by atoms with Crippen molar-refractivity contribution in [3.63, 3.8) is 0 Å². The van der Waals surface area contributed by atoms with E-state index in [0.29, 0.717) is 12.6 Å². The van der Waals surface area contributed by atoms with Crippen LogP contribution in [-0.4, -0.2) is 21.3 Å². The van der Waals surface area contributed by atoms with Crippen LogP contribution >= 0.6 is 0 Å². The number of hydrogen-bond acceptors (Lipinski definition) is 4. The standard InChI is InChI=1S/C14H20N4O/c1-4-15-11(2)12-5-7-13(8-6-12)19-9-14-16-10-17-18(14)3/h5-8,10-11,15H,4,9H2,1-3H3. The molecule has 1 atom stereocenters. The van der Waals surface area contributed by atoms with E-state index in [9.17, 15) is 0 Å². The molecule has 0 aliphatic rings. The largest absolute Gasteiger partial charge is 0.486 e. The zero-order valence-electron chi connectivity index (χ0n) is 11.6. The van der Waals surface area contributed by atoms with Gasteiger partial charge in [0, 0.05) is 13.1 Å². The summed E-state index contributed by atoms with van der Waals surface area (Å²) in [5.74, 6) is 1.65. The fraction of sp³-hybridized carbons (Fsp3) is 0.429. The number of nitrogens with zero attached hydrogens (tertiary/aromatic N) is 3. The van der Waals surface area contributed by atoms with Crippen LogP contribution in [0.2, 0.25) is 0 Å². The lowest BCUT2D eigenvalue weighted by Gasteiger charge is -2.13. The topological polar surface area (TPSA) is 52.0 Å². The molecule has 0 fully saturated rings. The molecule has 5 heteroatoms. The van der Waals surface area contributed by atoms with Gasteiger partial charge in [-0.1, -0.05) is 19.1 Å². The summed E-state index contributed by atoms with van der Waals surface area (Å²) in [6.45, 7) is 5.65. The maximum absolute atomic E-state index is 5.68. The van der Waals surface area contributed by atoms with Crippen molar-refractivity contribution < 1.29 is 4.74 Å². The van der Waals surface area contributed by atoms with Gasteiger partial charge in [0.2, 0.25) is 0 Å². The molecule has 1 N–H and O–H groups in total. The monoisotopic (exact) mass is 260 g/mol. The first-order chi connectivity index (χ1) is 9.20. The molecular weight excluding hydrogens is 240 g/mol. The van der Waals surface area contributed by atoms with Crippen molar-refractivity contribution in [1.82, 2.24) is 20.1 Å². The van der Waals surface area contributed by atoms with Crippen LogP contribution in [0.3, 0.4) is 0 Å². The molecule has 1 heterocycles. The van der Waals surface area contributed by atoms with Crippen LogP contribution < -0.4 is 10.1 Å². The van der Waals surface area contributed by atoms with Crippen LogP contribution in [0.4, 0.5) is 0 Å². The van der Waals surface area contributed by atoms with Crippen LogP contribution in [0.15, 0.2) is 30.6 Å². The van der Waals surface area contributed by atoms with E-state index in [1.54, 1.807) is 4.68 Å². The zero-order valence-corrected chi connectivity index (χ0v) is 11.6. The molecule has 2 rings (SSSR count). The molecule has 0 saturated heterocycles. The maximum atomic E-state index is 5.68. The molecule has 2 aromatic rings. The molecule has 19 heavy (non-hydrogen) atoms. The first-order valence-corrected chi connectivity index (χ1v) is 6.49. The van der Waals surface area contributed by atoms with Crippen molar-refractivity contribution in [2.45, 2.75) is 26.5 Å². The minimum absolute atomic E-state index is 0.359. The van der Waals surface area contributed by atoms with Gasteiger partial charge in [-0.15, -0.1) is 0 Å². The predicted octanol–water partition coefficient (Wildman–Crippen LogP) is 2.06. The minimum atomic E-state index is 0.359. The van der Waals surface area contributed by atoms with Crippen LogP contribution in [0.25, 0.3) is 0 Å². The molecule has 102 valence electrons. The summed E-state index contributed by atoms with van der Waals surface area (Å²) in [6.07, 6.45) is 1.53. The highest BCUT2D eigenvalue weighted by atomic mass is 16.5. The first kappa shape index (κ1) is 13.5. The second-order valence-corrected chi connectivity index (χ2v) is 4.44. The summed E-state index contributed by atoms with van der Waals surface area (Å²) < 4.78 is 7.39. The molecule has 0 saturated carbocycles. The number of benzene rings is 1. The summed E-state index contributed by atoms with van der Waals surface area (Å²) >= 11 is 0. The summed E-state index contributed by atoms with van der Waals surface area (Å²) in [5, 5.41) is 7.38. The molecule has 0 spiro atoms. The first-order valence-electron chi connectivity index (χ1n) is 6.49. The quantitative estimate of drug-likeness (QED) is 0.864. The second-order valence-electron chi connectivity index (χ2n) is 4.44. The van der Waals surface area contributed by atoms with Gasteiger partial charge in [-0.2, -0.15) is 5.10 Å². The summed E-state index contributed by atoms with van der Waals surface area (Å²) in [6, 6.07) is 8.50. The number of nitrogens with one attached hydrogen (secondary N) is 1. The number of aryl methyl sites for hydroxylation is 1. The van der Waals surface area contributed by atoms with E-state index in [1.807, 2.05) is 19.2 Å². The third-order valence-electron chi connectivity index (χ3n) is 3.06. The van der Waals surface area contributed by atoms with Crippen molar-refractivity contribution >= 4 is 0 Å². The number of hydrogen-bond donors (Lipinski definition) is 1. The van der Waals surface area contributed by atoms with Gasteiger partial charge in [-0.25, -0.2) is 4.98 Å². The average Bonchev–Trinajstić information content (AvgIpc) is 2.83. The van der Waals surface area contributed by atoms with Crippen LogP contribution in [0, 0.1) is 0 Å². The SMILES string of the molecule is CCNC(C)c1ccc(OCc2ncnn2C)cc1. The Morgan fingerprint density at radius 1 is 1.32 bits per heavy atom. The van der Waals surface area contributed by atoms with E-state index in [-0.39, 0.29) is 0 Å². The van der Waals surface area contributed by atoms with Gasteiger partial charge in [0.25, 0.3) is 0 Å². The van der Waals surface area contributed by atoms with Crippen molar-refractivity contribution in [3.05, 3.63) is 42.0 Å². The lowest BCUT2D eigenvalue weighted by molar-refractivity contribution is 0.289. The van der Waals surface area contributed by atoms with Gasteiger partial charge in [-0.3, -0.25) is 4.68 Å². The van der Waals surface area contributed by atoms with Crippen LogP contribution in [-0.2, 0) is 13.7 Å². The maximum Gasteiger partial charge on any atom is 0.164 e. The van der Waals surface area contributed by atoms with Gasteiger partial charge in [0.05, 0.1) is 0 Å². The molecule has 0 radical (unpaired) electrons. The van der Waals surface area contributed by atoms with Crippen LogP contribution in [0.1, 0.15) is 31.3 Å². The van der Waals surface area contributed by atoms with Gasteiger partial charge < -0.3 is 10.1 Å². The Balaban J connectivity index is 1.93. The third-order valence-corrected chi connectivity index (χ3v) is 3.06. The predicted molar refractivity (Wildman–Crippen MR) is 73.9 cm³/mol. The molecule has 1 aromatic heterocycles. The minimum Gasteiger partial charge on any atom is -0.486 e. The Morgan fingerprint density at radius 3 is 2.63 bits per heavy atom. The van der Waals surface area contributed by atoms with Gasteiger partial charge in [-0.05, 0) is 31.2 Å². The molecule has 5 nitrogen and oxygen atoms in total. The van der Waals surface area contributed by atoms with E-state index < -0.39 is 0 Å². The van der Waals surface area contributed by atoms with Crippen molar-refractivity contribution in [2.24, 2.45) is 7.05 Å². The second kappa shape index (κ2) is 6.33. The Hall–Kier alpha value is -1.88.